The maximum Gasteiger partial charge on any atom is 0.242 e. The van der Waals surface area contributed by atoms with Crippen molar-refractivity contribution in [1.82, 2.24) is 10.6 Å². The van der Waals surface area contributed by atoms with Gasteiger partial charge in [-0.2, -0.15) is 0 Å². The van der Waals surface area contributed by atoms with E-state index in [0.29, 0.717) is 12.3 Å². The molecule has 5 nitrogen and oxygen atoms in total. The molecule has 1 fully saturated rings. The number of nitrogen functional groups attached to an aromatic ring is 1. The predicted octanol–water partition coefficient (Wildman–Crippen LogP) is 3.24. The maximum atomic E-state index is 12.6. The molecule has 2 amide bonds. The highest BCUT2D eigenvalue weighted by Crippen LogP contribution is 2.31. The van der Waals surface area contributed by atoms with Crippen molar-refractivity contribution < 1.29 is 9.59 Å². The van der Waals surface area contributed by atoms with Crippen LogP contribution in [0.1, 0.15) is 75.5 Å². The van der Waals surface area contributed by atoms with Gasteiger partial charge in [0.05, 0.1) is 6.04 Å². The quantitative estimate of drug-likeness (QED) is 0.707. The summed E-state index contributed by atoms with van der Waals surface area (Å²) < 4.78 is 0. The fourth-order valence-electron chi connectivity index (χ4n) is 4.30. The molecule has 4 N–H and O–H groups in total. The van der Waals surface area contributed by atoms with Gasteiger partial charge in [0, 0.05) is 12.1 Å². The van der Waals surface area contributed by atoms with Crippen LogP contribution < -0.4 is 16.4 Å². The van der Waals surface area contributed by atoms with Crippen molar-refractivity contribution in [3.05, 3.63) is 29.3 Å². The molecule has 3 rings (SSSR count). The molecule has 1 aromatic rings. The van der Waals surface area contributed by atoms with Gasteiger partial charge < -0.3 is 16.4 Å². The second-order valence-corrected chi connectivity index (χ2v) is 7.91. The zero-order valence-corrected chi connectivity index (χ0v) is 15.7. The van der Waals surface area contributed by atoms with Gasteiger partial charge in [-0.1, -0.05) is 25.3 Å². The van der Waals surface area contributed by atoms with Gasteiger partial charge in [-0.15, -0.1) is 0 Å². The van der Waals surface area contributed by atoms with Crippen molar-refractivity contribution in [1.29, 1.82) is 0 Å². The molecule has 1 saturated carbocycles. The number of carbonyl (C=O) groups excluding carboxylic acids is 2. The molecular weight excluding hydrogens is 326 g/mol. The molecule has 0 aliphatic heterocycles. The van der Waals surface area contributed by atoms with Crippen LogP contribution in [-0.2, 0) is 16.0 Å². The lowest BCUT2D eigenvalue weighted by Gasteiger charge is -2.28. The van der Waals surface area contributed by atoms with Crippen molar-refractivity contribution in [3.63, 3.8) is 0 Å². The third kappa shape index (κ3) is 4.77. The number of hydrogen-bond donors (Lipinski definition) is 3. The Morgan fingerprint density at radius 1 is 1.15 bits per heavy atom. The van der Waals surface area contributed by atoms with Crippen LogP contribution in [0, 0.1) is 5.92 Å². The molecule has 0 bridgehead atoms. The average Bonchev–Trinajstić information content (AvgIpc) is 2.62. The number of rotatable bonds is 5. The zero-order valence-electron chi connectivity index (χ0n) is 15.7. The van der Waals surface area contributed by atoms with Crippen LogP contribution in [0.3, 0.4) is 0 Å². The lowest BCUT2D eigenvalue weighted by atomic mass is 9.86. The van der Waals surface area contributed by atoms with E-state index in [1.165, 1.54) is 24.8 Å². The van der Waals surface area contributed by atoms with Gasteiger partial charge in [0.15, 0.2) is 0 Å². The van der Waals surface area contributed by atoms with Gasteiger partial charge in [-0.05, 0) is 68.2 Å². The van der Waals surface area contributed by atoms with E-state index in [1.807, 2.05) is 18.2 Å². The second kappa shape index (κ2) is 8.56. The Labute approximate surface area is 156 Å². The highest BCUT2D eigenvalue weighted by Gasteiger charge is 2.25. The Balaban J connectivity index is 1.52. The van der Waals surface area contributed by atoms with Crippen LogP contribution >= 0.6 is 0 Å². The first-order valence-corrected chi connectivity index (χ1v) is 10.0. The molecule has 2 atom stereocenters. The van der Waals surface area contributed by atoms with Crippen LogP contribution in [0.25, 0.3) is 0 Å². The number of nitrogens with two attached hydrogens (primary N) is 1. The summed E-state index contributed by atoms with van der Waals surface area (Å²) in [4.78, 5) is 24.8. The summed E-state index contributed by atoms with van der Waals surface area (Å²) in [5, 5.41) is 5.99. The summed E-state index contributed by atoms with van der Waals surface area (Å²) in [6.45, 7) is 1.76. The Morgan fingerprint density at radius 3 is 2.69 bits per heavy atom. The molecule has 2 unspecified atom stereocenters. The second-order valence-electron chi connectivity index (χ2n) is 7.91. The Hall–Kier alpha value is -2.04. The third-order valence-corrected chi connectivity index (χ3v) is 5.77. The lowest BCUT2D eigenvalue weighted by Crippen LogP contribution is -2.46. The molecule has 142 valence electrons. The minimum absolute atomic E-state index is 0.00336. The van der Waals surface area contributed by atoms with E-state index in [0.717, 1.165) is 43.4 Å². The van der Waals surface area contributed by atoms with E-state index in [9.17, 15) is 9.59 Å². The number of benzene rings is 1. The van der Waals surface area contributed by atoms with Crippen molar-refractivity contribution in [2.75, 3.05) is 5.73 Å². The summed E-state index contributed by atoms with van der Waals surface area (Å²) in [5.74, 6) is 0.364. The monoisotopic (exact) mass is 357 g/mol. The van der Waals surface area contributed by atoms with Crippen LogP contribution in [0.15, 0.2) is 18.2 Å². The van der Waals surface area contributed by atoms with Gasteiger partial charge in [0.25, 0.3) is 0 Å². The third-order valence-electron chi connectivity index (χ3n) is 5.77. The predicted molar refractivity (Wildman–Crippen MR) is 103 cm³/mol. The summed E-state index contributed by atoms with van der Waals surface area (Å²) in [7, 11) is 0. The van der Waals surface area contributed by atoms with Crippen molar-refractivity contribution in [2.45, 2.75) is 76.8 Å². The number of anilines is 1. The van der Waals surface area contributed by atoms with E-state index >= 15 is 0 Å². The molecule has 0 radical (unpaired) electrons. The molecule has 0 heterocycles. The number of amides is 2. The van der Waals surface area contributed by atoms with Crippen LogP contribution in [0.5, 0.6) is 0 Å². The average molecular weight is 357 g/mol. The number of aryl methyl sites for hydroxylation is 1. The summed E-state index contributed by atoms with van der Waals surface area (Å²) in [6, 6.07) is 5.40. The van der Waals surface area contributed by atoms with Crippen LogP contribution in [-0.4, -0.2) is 17.9 Å². The number of hydrogen-bond acceptors (Lipinski definition) is 3. The lowest BCUT2D eigenvalue weighted by molar-refractivity contribution is -0.129. The summed E-state index contributed by atoms with van der Waals surface area (Å²) in [5.41, 5.74) is 9.01. The van der Waals surface area contributed by atoms with Crippen LogP contribution in [0.2, 0.25) is 0 Å². The maximum absolute atomic E-state index is 12.6. The molecule has 1 aromatic carbocycles. The number of carbonyl (C=O) groups is 2. The normalized spacial score (nSPS) is 21.5. The SMILES string of the molecule is CC(NC(=O)CC1CCCCC1)C(=O)NC1CCCc2cc(N)ccc21. The first-order valence-electron chi connectivity index (χ1n) is 10.0. The van der Waals surface area contributed by atoms with Gasteiger partial charge >= 0.3 is 0 Å². The minimum atomic E-state index is -0.509. The molecule has 2 aliphatic carbocycles. The molecular formula is C21H31N3O2. The zero-order chi connectivity index (χ0) is 18.5. The van der Waals surface area contributed by atoms with Gasteiger partial charge in [0.1, 0.15) is 6.04 Å². The Kier molecular flexibility index (Phi) is 6.17. The number of fused-ring (bicyclic) bond motifs is 1. The molecule has 0 spiro atoms. The Bertz CT molecular complexity index is 653. The molecule has 2 aliphatic rings. The molecule has 5 heteroatoms. The largest absolute Gasteiger partial charge is 0.399 e. The van der Waals surface area contributed by atoms with Gasteiger partial charge in [-0.3, -0.25) is 9.59 Å². The molecule has 0 aromatic heterocycles. The summed E-state index contributed by atoms with van der Waals surface area (Å²) >= 11 is 0. The van der Waals surface area contributed by atoms with Gasteiger partial charge in [-0.25, -0.2) is 0 Å². The van der Waals surface area contributed by atoms with Crippen molar-refractivity contribution in [2.24, 2.45) is 5.92 Å². The fourth-order valence-corrected chi connectivity index (χ4v) is 4.30. The Morgan fingerprint density at radius 2 is 1.92 bits per heavy atom. The summed E-state index contributed by atoms with van der Waals surface area (Å²) in [6.07, 6.45) is 9.50. The highest BCUT2D eigenvalue weighted by atomic mass is 16.2. The first kappa shape index (κ1) is 18.7. The van der Waals surface area contributed by atoms with E-state index in [2.05, 4.69) is 10.6 Å². The molecule has 26 heavy (non-hydrogen) atoms. The fraction of sp³-hybridized carbons (Fsp3) is 0.619. The van der Waals surface area contributed by atoms with Crippen molar-refractivity contribution >= 4 is 17.5 Å². The van der Waals surface area contributed by atoms with Crippen molar-refractivity contribution in [3.8, 4) is 0 Å². The molecule has 0 saturated heterocycles. The van der Waals surface area contributed by atoms with E-state index < -0.39 is 6.04 Å². The standard InChI is InChI=1S/C21H31N3O2/c1-14(23-20(25)12-15-6-3-2-4-7-15)21(26)24-19-9-5-8-16-13-17(22)10-11-18(16)19/h10-11,13-15,19H,2-9,12,22H2,1H3,(H,23,25)(H,24,26). The highest BCUT2D eigenvalue weighted by molar-refractivity contribution is 5.87. The van der Waals surface area contributed by atoms with E-state index in [-0.39, 0.29) is 17.9 Å². The topological polar surface area (TPSA) is 84.2 Å². The first-order chi connectivity index (χ1) is 12.5. The smallest absolute Gasteiger partial charge is 0.242 e. The van der Waals surface area contributed by atoms with Gasteiger partial charge in [0.2, 0.25) is 11.8 Å². The number of nitrogens with one attached hydrogen (secondary N) is 2. The van der Waals surface area contributed by atoms with E-state index in [4.69, 9.17) is 5.73 Å². The minimum Gasteiger partial charge on any atom is -0.399 e. The van der Waals surface area contributed by atoms with E-state index in [1.54, 1.807) is 6.92 Å². The van der Waals surface area contributed by atoms with Crippen LogP contribution in [0.4, 0.5) is 5.69 Å².